The van der Waals surface area contributed by atoms with E-state index in [1.807, 2.05) is 24.2 Å². The minimum Gasteiger partial charge on any atom is -0.264 e. The fourth-order valence-corrected chi connectivity index (χ4v) is 6.72. The fraction of sp³-hybridized carbons (Fsp3) is 0.0571. The Bertz CT molecular complexity index is 1930. The normalized spacial score (nSPS) is 11.6. The lowest BCUT2D eigenvalue weighted by atomic mass is 9.88. The first kappa shape index (κ1) is 22.1. The molecule has 0 radical (unpaired) electrons. The molecule has 0 aliphatic rings. The van der Waals surface area contributed by atoms with Crippen molar-refractivity contribution in [2.24, 2.45) is 0 Å². The second kappa shape index (κ2) is 8.76. The summed E-state index contributed by atoms with van der Waals surface area (Å²) in [7, 11) is 0. The van der Waals surface area contributed by atoms with Gasteiger partial charge in [-0.15, -0.1) is 0 Å². The SMILES string of the molecule is Cc1ccc(Sc2c3ccccc3c(-c3cc4ccccc4c4ccccc34)c3cnccc23)cc1C. The van der Waals surface area contributed by atoms with E-state index in [1.165, 1.54) is 75.1 Å². The summed E-state index contributed by atoms with van der Waals surface area (Å²) in [4.78, 5) is 7.15. The number of aryl methyl sites for hydroxylation is 2. The van der Waals surface area contributed by atoms with Crippen LogP contribution in [0.4, 0.5) is 0 Å². The Morgan fingerprint density at radius 1 is 0.541 bits per heavy atom. The highest BCUT2D eigenvalue weighted by Gasteiger charge is 2.19. The number of benzene rings is 6. The van der Waals surface area contributed by atoms with Gasteiger partial charge in [0.1, 0.15) is 0 Å². The molecule has 0 bridgehead atoms. The first-order valence-electron chi connectivity index (χ1n) is 12.6. The van der Waals surface area contributed by atoms with E-state index in [4.69, 9.17) is 0 Å². The maximum absolute atomic E-state index is 4.61. The van der Waals surface area contributed by atoms with E-state index >= 15 is 0 Å². The van der Waals surface area contributed by atoms with Gasteiger partial charge < -0.3 is 0 Å². The van der Waals surface area contributed by atoms with Crippen molar-refractivity contribution in [2.75, 3.05) is 0 Å². The zero-order chi connectivity index (χ0) is 24.9. The molecule has 0 aliphatic carbocycles. The summed E-state index contributed by atoms with van der Waals surface area (Å²) in [5, 5.41) is 10.1. The summed E-state index contributed by atoms with van der Waals surface area (Å²) >= 11 is 1.85. The number of hydrogen-bond donors (Lipinski definition) is 0. The molecule has 0 atom stereocenters. The molecule has 7 aromatic rings. The fourth-order valence-electron chi connectivity index (χ4n) is 5.54. The summed E-state index contributed by atoms with van der Waals surface area (Å²) in [5.41, 5.74) is 5.15. The van der Waals surface area contributed by atoms with E-state index in [1.54, 1.807) is 0 Å². The molecule has 0 saturated heterocycles. The monoisotopic (exact) mass is 491 g/mol. The van der Waals surface area contributed by atoms with Crippen molar-refractivity contribution in [3.63, 3.8) is 0 Å². The Kier molecular flexibility index (Phi) is 5.23. The molecule has 1 nitrogen and oxygen atoms in total. The van der Waals surface area contributed by atoms with E-state index in [9.17, 15) is 0 Å². The van der Waals surface area contributed by atoms with Crippen LogP contribution >= 0.6 is 11.8 Å². The zero-order valence-corrected chi connectivity index (χ0v) is 21.6. The van der Waals surface area contributed by atoms with Crippen LogP contribution in [0.3, 0.4) is 0 Å². The summed E-state index contributed by atoms with van der Waals surface area (Å²) < 4.78 is 0. The van der Waals surface area contributed by atoms with Gasteiger partial charge >= 0.3 is 0 Å². The average Bonchev–Trinajstić information content (AvgIpc) is 2.95. The number of aromatic nitrogens is 1. The molecular formula is C35H25NS. The average molecular weight is 492 g/mol. The smallest absolute Gasteiger partial charge is 0.0353 e. The quantitative estimate of drug-likeness (QED) is 0.180. The first-order chi connectivity index (χ1) is 18.2. The number of rotatable bonds is 3. The van der Waals surface area contributed by atoms with Gasteiger partial charge in [0.15, 0.2) is 0 Å². The number of fused-ring (bicyclic) bond motifs is 5. The van der Waals surface area contributed by atoms with Crippen molar-refractivity contribution in [1.29, 1.82) is 0 Å². The van der Waals surface area contributed by atoms with Crippen LogP contribution in [0.15, 0.2) is 125 Å². The van der Waals surface area contributed by atoms with Gasteiger partial charge in [-0.3, -0.25) is 4.98 Å². The molecule has 6 aromatic carbocycles. The second-order valence-corrected chi connectivity index (χ2v) is 10.8. The van der Waals surface area contributed by atoms with Crippen molar-refractivity contribution < 1.29 is 0 Å². The number of hydrogen-bond acceptors (Lipinski definition) is 2. The molecule has 7 rings (SSSR count). The van der Waals surface area contributed by atoms with Crippen molar-refractivity contribution in [3.8, 4) is 11.1 Å². The summed E-state index contributed by atoms with van der Waals surface area (Å²) in [5.74, 6) is 0. The molecular weight excluding hydrogens is 466 g/mol. The van der Waals surface area contributed by atoms with Gasteiger partial charge in [-0.2, -0.15) is 0 Å². The molecule has 1 heterocycles. The van der Waals surface area contributed by atoms with Crippen molar-refractivity contribution in [1.82, 2.24) is 4.98 Å². The maximum Gasteiger partial charge on any atom is 0.0353 e. The van der Waals surface area contributed by atoms with Crippen molar-refractivity contribution in [2.45, 2.75) is 23.6 Å². The number of pyridine rings is 1. The van der Waals surface area contributed by atoms with Crippen LogP contribution in [0.1, 0.15) is 11.1 Å². The van der Waals surface area contributed by atoms with Crippen LogP contribution in [-0.2, 0) is 0 Å². The van der Waals surface area contributed by atoms with Crippen LogP contribution in [-0.4, -0.2) is 4.98 Å². The number of nitrogens with zero attached hydrogens (tertiary/aromatic N) is 1. The Morgan fingerprint density at radius 2 is 1.22 bits per heavy atom. The van der Waals surface area contributed by atoms with E-state index in [-0.39, 0.29) is 0 Å². The van der Waals surface area contributed by atoms with Crippen LogP contribution in [0, 0.1) is 13.8 Å². The van der Waals surface area contributed by atoms with E-state index in [0.29, 0.717) is 0 Å². The maximum atomic E-state index is 4.61. The molecule has 0 saturated carbocycles. The molecule has 1 aromatic heterocycles. The second-order valence-electron chi connectivity index (χ2n) is 9.71. The molecule has 0 aliphatic heterocycles. The Hall–Kier alpha value is -4.14. The third-order valence-electron chi connectivity index (χ3n) is 7.51. The molecule has 2 heteroatoms. The van der Waals surface area contributed by atoms with Gasteiger partial charge in [0.05, 0.1) is 0 Å². The third-order valence-corrected chi connectivity index (χ3v) is 8.65. The van der Waals surface area contributed by atoms with Gasteiger partial charge in [0.2, 0.25) is 0 Å². The highest BCUT2D eigenvalue weighted by atomic mass is 32.2. The van der Waals surface area contributed by atoms with E-state index in [2.05, 4.69) is 122 Å². The van der Waals surface area contributed by atoms with Gasteiger partial charge in [-0.1, -0.05) is 90.6 Å². The van der Waals surface area contributed by atoms with Crippen LogP contribution in [0.2, 0.25) is 0 Å². The van der Waals surface area contributed by atoms with Crippen molar-refractivity contribution in [3.05, 3.63) is 127 Å². The summed E-state index contributed by atoms with van der Waals surface area (Å²) in [6.45, 7) is 4.36. The van der Waals surface area contributed by atoms with Gasteiger partial charge in [0, 0.05) is 27.6 Å². The molecule has 0 unspecified atom stereocenters. The largest absolute Gasteiger partial charge is 0.264 e. The van der Waals surface area contributed by atoms with Crippen molar-refractivity contribution >= 4 is 54.9 Å². The Labute approximate surface area is 220 Å². The lowest BCUT2D eigenvalue weighted by Gasteiger charge is -2.19. The molecule has 0 amide bonds. The van der Waals surface area contributed by atoms with E-state index in [0.717, 1.165) is 0 Å². The first-order valence-corrected chi connectivity index (χ1v) is 13.4. The van der Waals surface area contributed by atoms with Gasteiger partial charge in [-0.25, -0.2) is 0 Å². The summed E-state index contributed by atoms with van der Waals surface area (Å²) in [6, 6.07) is 37.6. The van der Waals surface area contributed by atoms with Gasteiger partial charge in [0.25, 0.3) is 0 Å². The topological polar surface area (TPSA) is 12.9 Å². The van der Waals surface area contributed by atoms with Crippen LogP contribution < -0.4 is 0 Å². The minimum absolute atomic E-state index is 1.19. The molecule has 37 heavy (non-hydrogen) atoms. The van der Waals surface area contributed by atoms with E-state index < -0.39 is 0 Å². The molecule has 0 N–H and O–H groups in total. The van der Waals surface area contributed by atoms with Gasteiger partial charge in [-0.05, 0) is 98.1 Å². The highest BCUT2D eigenvalue weighted by molar-refractivity contribution is 7.99. The summed E-state index contributed by atoms with van der Waals surface area (Å²) in [6.07, 6.45) is 3.97. The zero-order valence-electron chi connectivity index (χ0n) is 20.8. The Morgan fingerprint density at radius 3 is 2.03 bits per heavy atom. The van der Waals surface area contributed by atoms with Crippen LogP contribution in [0.5, 0.6) is 0 Å². The standard InChI is InChI=1S/C35H25NS/c1-22-15-16-25(19-23(22)2)37-35-30-14-8-7-13-29(30)34(33-21-36-18-17-31(33)35)32-20-24-9-3-4-10-26(24)27-11-5-6-12-28(27)32/h3-21H,1-2H3. The Balaban J connectivity index is 1.60. The molecule has 0 fully saturated rings. The predicted molar refractivity (Wildman–Crippen MR) is 160 cm³/mol. The highest BCUT2D eigenvalue weighted by Crippen LogP contribution is 2.47. The predicted octanol–water partition coefficient (Wildman–Crippen LogP) is 10.1. The van der Waals surface area contributed by atoms with Crippen LogP contribution in [0.25, 0.3) is 54.2 Å². The lowest BCUT2D eigenvalue weighted by Crippen LogP contribution is -1.92. The molecule has 176 valence electrons. The molecule has 0 spiro atoms. The third kappa shape index (κ3) is 3.60. The minimum atomic E-state index is 1.19. The lowest BCUT2D eigenvalue weighted by molar-refractivity contribution is 1.28.